The van der Waals surface area contributed by atoms with Crippen LogP contribution in [0, 0.1) is 28.3 Å². The first kappa shape index (κ1) is 73.8. The molecule has 2 fully saturated rings. The van der Waals surface area contributed by atoms with E-state index >= 15 is 8.78 Å². The van der Waals surface area contributed by atoms with Crippen molar-refractivity contribution in [2.75, 3.05) is 78.5 Å². The van der Waals surface area contributed by atoms with E-state index in [1.165, 1.54) is 45.1 Å². The van der Waals surface area contributed by atoms with Gasteiger partial charge in [-0.1, -0.05) is 57.0 Å². The number of ether oxygens (including phenoxy) is 4. The Hall–Kier alpha value is -7.60. The molecule has 6 amide bonds. The molecule has 94 heavy (non-hydrogen) atoms. The molecule has 2 saturated heterocycles. The van der Waals surface area contributed by atoms with Gasteiger partial charge in [-0.2, -0.15) is 0 Å². The van der Waals surface area contributed by atoms with Gasteiger partial charge in [-0.05, 0) is 125 Å². The number of imide groups is 2. The van der Waals surface area contributed by atoms with Crippen molar-refractivity contribution in [3.8, 4) is 11.5 Å². The van der Waals surface area contributed by atoms with Crippen molar-refractivity contribution in [3.63, 3.8) is 0 Å². The van der Waals surface area contributed by atoms with E-state index in [-0.39, 0.29) is 92.6 Å². The SMILES string of the molecule is CN[C@@H](C)C(=O)N[C@H](C(=O)NC(=O)[C@@H]1CCCN1N1CCC[C@H]1C(=O)NC(=O)[C@@H](NC(=O)[C@H](C)NC)C(C)(C)Cc1cc2c(Nc3ccc(F)c(Cl)c3F)ncnc2cc1OCCOC)C(C)(C)Cc1cc2c(Nc3cccc(Cl)c3F)ncnc2cc1OCCOC.Cl. The number of amides is 6. The van der Waals surface area contributed by atoms with E-state index in [1.807, 2.05) is 0 Å². The maximum atomic E-state index is 15.2. The van der Waals surface area contributed by atoms with Gasteiger partial charge in [0.15, 0.2) is 11.6 Å². The maximum Gasteiger partial charge on any atom is 0.249 e. The minimum atomic E-state index is -1.38. The number of hydrogen-bond donors (Lipinski definition) is 8. The van der Waals surface area contributed by atoms with Crippen molar-refractivity contribution < 1.29 is 60.9 Å². The molecule has 4 heterocycles. The largest absolute Gasteiger partial charge is 0.491 e. The highest BCUT2D eigenvalue weighted by Crippen LogP contribution is 2.40. The highest BCUT2D eigenvalue weighted by atomic mass is 35.5. The Balaban J connectivity index is 0.0000125. The smallest absolute Gasteiger partial charge is 0.249 e. The number of hydrogen-bond acceptors (Lipinski definition) is 20. The van der Waals surface area contributed by atoms with Gasteiger partial charge in [0.25, 0.3) is 0 Å². The standard InChI is InChI=1S/C64H79Cl2F3N14O10.ClH/c1-34(70-7)57(84)78-53(63(3,4)30-36-26-38-44(28-48(36)92-24-22-90-9)72-32-74-55(38)76-42-15-11-14-40(65)51(42)68)61(88)80-59(86)46-16-12-20-82(46)83-21-13-17-47(83)60(87)81-62(89)54(79-58(85)35(2)71-8)64(5,6)31-37-27-39-45(29-49(37)93-25-23-91-10)73-33-75-56(39)77-43-19-18-41(67)50(66)52(43)69;/h11,14-15,18-19,26-29,32-35,46-47,53-54,70-71H,12-13,16-17,20-25,30-31H2,1-10H3,(H,78,84)(H,79,85)(H,72,74,76)(H,73,75,77)(H,80,86,88)(H,81,87,89);1H/t34-,35-,46-,47-,53+,54+;/m0./s1. The number of nitrogens with one attached hydrogen (secondary N) is 8. The highest BCUT2D eigenvalue weighted by Gasteiger charge is 2.46. The summed E-state index contributed by atoms with van der Waals surface area (Å²) in [6.45, 7) is 11.5. The molecule has 0 radical (unpaired) electrons. The van der Waals surface area contributed by atoms with Gasteiger partial charge in [-0.15, -0.1) is 12.4 Å². The molecule has 2 aliphatic rings. The number of rotatable bonds is 29. The van der Waals surface area contributed by atoms with Crippen molar-refractivity contribution in [1.29, 1.82) is 0 Å². The van der Waals surface area contributed by atoms with Gasteiger partial charge >= 0.3 is 0 Å². The van der Waals surface area contributed by atoms with Crippen LogP contribution in [0.5, 0.6) is 11.5 Å². The Kier molecular flexibility index (Phi) is 25.7. The molecule has 0 bridgehead atoms. The summed E-state index contributed by atoms with van der Waals surface area (Å²) >= 11 is 12.0. The Morgan fingerprint density at radius 1 is 0.606 bits per heavy atom. The van der Waals surface area contributed by atoms with Crippen molar-refractivity contribution in [3.05, 3.63) is 106 Å². The van der Waals surface area contributed by atoms with Gasteiger partial charge in [0.05, 0.1) is 52.7 Å². The van der Waals surface area contributed by atoms with Crippen LogP contribution in [0.4, 0.5) is 36.2 Å². The fourth-order valence-electron chi connectivity index (χ4n) is 11.4. The number of halogens is 6. The lowest BCUT2D eigenvalue weighted by Gasteiger charge is -2.38. The Bertz CT molecular complexity index is 3750. The van der Waals surface area contributed by atoms with Crippen LogP contribution in [0.1, 0.15) is 78.4 Å². The average molecular weight is 1370 g/mol. The first-order chi connectivity index (χ1) is 44.3. The molecule has 0 aliphatic carbocycles. The number of likely N-dealkylation sites (N-methyl/N-ethyl adjacent to an activating group) is 2. The van der Waals surface area contributed by atoms with Crippen LogP contribution in [0.3, 0.4) is 0 Å². The quantitative estimate of drug-likeness (QED) is 0.0167. The molecular weight excluding hydrogens is 1290 g/mol. The minimum Gasteiger partial charge on any atom is -0.491 e. The summed E-state index contributed by atoms with van der Waals surface area (Å²) in [5.74, 6) is -5.68. The summed E-state index contributed by atoms with van der Waals surface area (Å²) in [5, 5.41) is 26.1. The molecule has 6 aromatic rings. The predicted molar refractivity (Wildman–Crippen MR) is 352 cm³/mol. The predicted octanol–water partition coefficient (Wildman–Crippen LogP) is 7.41. The zero-order valence-corrected chi connectivity index (χ0v) is 56.2. The van der Waals surface area contributed by atoms with Crippen LogP contribution in [0.15, 0.2) is 67.3 Å². The van der Waals surface area contributed by atoms with Crippen LogP contribution in [-0.4, -0.2) is 169 Å². The van der Waals surface area contributed by atoms with Crippen molar-refractivity contribution in [1.82, 2.24) is 61.9 Å². The number of methoxy groups -OCH3 is 2. The number of nitrogens with zero attached hydrogens (tertiary/aromatic N) is 6. The molecular formula is C64H80Cl3F3N14O10. The summed E-state index contributed by atoms with van der Waals surface area (Å²) in [6, 6.07) is 7.28. The minimum absolute atomic E-state index is 0. The van der Waals surface area contributed by atoms with Crippen molar-refractivity contribution in [2.24, 2.45) is 10.8 Å². The van der Waals surface area contributed by atoms with Crippen LogP contribution in [0.25, 0.3) is 21.8 Å². The zero-order valence-electron chi connectivity index (χ0n) is 53.9. The Labute approximate surface area is 559 Å². The molecule has 2 aromatic heterocycles. The summed E-state index contributed by atoms with van der Waals surface area (Å²) < 4.78 is 67.6. The Morgan fingerprint density at radius 3 is 1.47 bits per heavy atom. The third kappa shape index (κ3) is 17.5. The van der Waals surface area contributed by atoms with E-state index in [2.05, 4.69) is 62.5 Å². The average Bonchev–Trinajstić information content (AvgIpc) is 0.897. The zero-order chi connectivity index (χ0) is 67.5. The van der Waals surface area contributed by atoms with Crippen molar-refractivity contribution >= 4 is 116 Å². The third-order valence-electron chi connectivity index (χ3n) is 16.7. The molecule has 4 aromatic carbocycles. The first-order valence-corrected chi connectivity index (χ1v) is 31.1. The summed E-state index contributed by atoms with van der Waals surface area (Å²) in [7, 11) is 6.21. The van der Waals surface area contributed by atoms with Crippen LogP contribution < -0.4 is 52.0 Å². The van der Waals surface area contributed by atoms with E-state index in [0.29, 0.717) is 70.4 Å². The molecule has 8 N–H and O–H groups in total. The van der Waals surface area contributed by atoms with Gasteiger partial charge < -0.3 is 50.8 Å². The van der Waals surface area contributed by atoms with Crippen LogP contribution in [-0.2, 0) is 51.1 Å². The van der Waals surface area contributed by atoms with Gasteiger partial charge in [0, 0.05) is 50.2 Å². The van der Waals surface area contributed by atoms with Crippen LogP contribution in [0.2, 0.25) is 10.0 Å². The molecule has 0 saturated carbocycles. The molecule has 508 valence electrons. The number of hydrazine groups is 1. The van der Waals surface area contributed by atoms with E-state index < -0.39 is 105 Å². The molecule has 24 nitrogen and oxygen atoms in total. The molecule has 2 aliphatic heterocycles. The fraction of sp³-hybridized carbons (Fsp3) is 0.469. The topological polar surface area (TPSA) is 294 Å². The number of anilines is 4. The maximum absolute atomic E-state index is 15.2. The lowest BCUT2D eigenvalue weighted by atomic mass is 9.77. The van der Waals surface area contributed by atoms with E-state index in [4.69, 9.17) is 42.1 Å². The van der Waals surface area contributed by atoms with E-state index in [9.17, 15) is 33.2 Å². The molecule has 0 spiro atoms. The highest BCUT2D eigenvalue weighted by molar-refractivity contribution is 6.31. The second kappa shape index (κ2) is 32.7. The van der Waals surface area contributed by atoms with E-state index in [0.717, 1.165) is 6.07 Å². The van der Waals surface area contributed by atoms with Gasteiger partial charge in [-0.3, -0.25) is 39.4 Å². The number of aromatic nitrogens is 4. The number of fused-ring (bicyclic) bond motifs is 2. The molecule has 8 rings (SSSR count). The number of carbonyl (C=O) groups is 6. The normalized spacial score (nSPS) is 16.5. The number of benzene rings is 4. The van der Waals surface area contributed by atoms with E-state index in [1.54, 1.807) is 96.0 Å². The molecule has 6 atom stereocenters. The van der Waals surface area contributed by atoms with Crippen molar-refractivity contribution in [2.45, 2.75) is 116 Å². The second-order valence-electron chi connectivity index (χ2n) is 24.2. The summed E-state index contributed by atoms with van der Waals surface area (Å²) in [5.41, 5.74) is -0.644. The first-order valence-electron chi connectivity index (χ1n) is 30.4. The fourth-order valence-corrected chi connectivity index (χ4v) is 11.7. The summed E-state index contributed by atoms with van der Waals surface area (Å²) in [4.78, 5) is 104. The van der Waals surface area contributed by atoms with Gasteiger partial charge in [-0.25, -0.2) is 43.1 Å². The van der Waals surface area contributed by atoms with Crippen LogP contribution >= 0.6 is 35.6 Å². The molecule has 0 unspecified atom stereocenters. The lowest BCUT2D eigenvalue weighted by Crippen LogP contribution is -2.62. The third-order valence-corrected chi connectivity index (χ3v) is 17.3. The lowest BCUT2D eigenvalue weighted by molar-refractivity contribution is -0.148. The molecule has 30 heteroatoms. The summed E-state index contributed by atoms with van der Waals surface area (Å²) in [6.07, 6.45) is 4.20. The number of carbonyl (C=O) groups excluding carboxylic acids is 6. The Morgan fingerprint density at radius 2 is 1.04 bits per heavy atom. The van der Waals surface area contributed by atoms with Gasteiger partial charge in [0.2, 0.25) is 35.4 Å². The van der Waals surface area contributed by atoms with Gasteiger partial charge in [0.1, 0.15) is 84.0 Å². The monoisotopic (exact) mass is 1370 g/mol. The second-order valence-corrected chi connectivity index (χ2v) is 25.0.